The van der Waals surface area contributed by atoms with Crippen molar-refractivity contribution in [3.8, 4) is 11.5 Å². The Morgan fingerprint density at radius 2 is 1.20 bits per heavy atom. The predicted molar refractivity (Wildman–Crippen MR) is 275 cm³/mol. The van der Waals surface area contributed by atoms with Gasteiger partial charge in [0.2, 0.25) is 11.8 Å². The van der Waals surface area contributed by atoms with Gasteiger partial charge in [0, 0.05) is 68.8 Å². The lowest BCUT2D eigenvalue weighted by atomic mass is 9.87. The lowest BCUT2D eigenvalue weighted by Gasteiger charge is -2.24. The Labute approximate surface area is 414 Å². The number of carbonyl (C=O) groups excluding carboxylic acids is 3. The van der Waals surface area contributed by atoms with Gasteiger partial charge in [-0.25, -0.2) is 24.7 Å². The van der Waals surface area contributed by atoms with Crippen LogP contribution in [0.1, 0.15) is 69.8 Å². The lowest BCUT2D eigenvalue weighted by molar-refractivity contribution is -0.134. The second kappa shape index (κ2) is 21.1. The van der Waals surface area contributed by atoms with Crippen LogP contribution in [0.3, 0.4) is 0 Å². The van der Waals surface area contributed by atoms with Crippen LogP contribution < -0.4 is 31.2 Å². The first-order valence-electron chi connectivity index (χ1n) is 23.6. The molecule has 0 bridgehead atoms. The molecule has 0 saturated carbocycles. The Bertz CT molecular complexity index is 3020. The summed E-state index contributed by atoms with van der Waals surface area (Å²) in [5, 5.41) is 11.7. The SMILES string of the molecule is CC(C)OC(=O)NCCOc1cc2c(cc1Nc1ncnc3sc4c(c13)CC[C@H](C(=O)N(C)C)C4)C=NC2.CN(C)C(=O)[C@H]1CCc2c(sc3ncnc(Nc4cc5c(cc4OCCN)CN=C5)c23)C1. The third-order valence-corrected chi connectivity index (χ3v) is 14.9. The maximum absolute atomic E-state index is 12.6. The Morgan fingerprint density at radius 1 is 0.714 bits per heavy atom. The number of fused-ring (bicyclic) bond motifs is 8. The van der Waals surface area contributed by atoms with Gasteiger partial charge in [0.15, 0.2) is 0 Å². The molecule has 2 aliphatic heterocycles. The van der Waals surface area contributed by atoms with E-state index in [-0.39, 0.29) is 36.4 Å². The standard InChI is InChI=1S/C27H32N6O4S.C23H26N6O2S/c1-15(2)37-27(35)29-7-8-36-21-10-18-13-28-12-17(18)9-20(21)32-24-23-19-6-5-16(26(34)33(3)4)11-22(19)38-25(23)31-14-30-24;1-29(2)23(30)13-3-4-16-19(9-13)32-22-20(16)21(26-12-27-22)28-17-7-14-10-25-11-15(14)8-18(17)31-6-5-24/h9-10,12,14-16H,5-8,11,13H2,1-4H3,(H,29,35)(H,30,31,32);7-8,10,12-13H,3-6,9,11,24H2,1-2H3,(H,26,27,28)/t16-;13-/m00/s1. The summed E-state index contributed by atoms with van der Waals surface area (Å²) in [4.78, 5) is 71.5. The number of hydrogen-bond donors (Lipinski definition) is 4. The largest absolute Gasteiger partial charge is 0.490 e. The van der Waals surface area contributed by atoms with Gasteiger partial charge >= 0.3 is 6.09 Å². The number of benzene rings is 2. The number of aromatic nitrogens is 4. The summed E-state index contributed by atoms with van der Waals surface area (Å²) in [6.07, 6.45) is 11.0. The third-order valence-electron chi connectivity index (χ3n) is 12.6. The molecule has 2 aromatic carbocycles. The fourth-order valence-corrected chi connectivity index (χ4v) is 11.8. The highest BCUT2D eigenvalue weighted by Gasteiger charge is 2.32. The van der Waals surface area contributed by atoms with E-state index in [0.29, 0.717) is 44.4 Å². The monoisotopic (exact) mass is 986 g/mol. The van der Waals surface area contributed by atoms with E-state index in [0.717, 1.165) is 104 Å². The van der Waals surface area contributed by atoms with Gasteiger partial charge in [0.1, 0.15) is 58.7 Å². The number of nitrogens with two attached hydrogens (primary N) is 1. The number of nitrogens with zero attached hydrogens (tertiary/aromatic N) is 8. The van der Waals surface area contributed by atoms with E-state index in [1.54, 1.807) is 59.0 Å². The van der Waals surface area contributed by atoms with E-state index < -0.39 is 6.09 Å². The molecule has 3 amide bonds. The average molecular weight is 987 g/mol. The van der Waals surface area contributed by atoms with Gasteiger partial charge in [0.25, 0.3) is 0 Å². The van der Waals surface area contributed by atoms with Gasteiger partial charge in [-0.3, -0.25) is 19.6 Å². The van der Waals surface area contributed by atoms with E-state index in [4.69, 9.17) is 19.9 Å². The highest BCUT2D eigenvalue weighted by molar-refractivity contribution is 7.19. The number of anilines is 4. The highest BCUT2D eigenvalue weighted by Crippen LogP contribution is 2.44. The predicted octanol–water partition coefficient (Wildman–Crippen LogP) is 6.97. The third kappa shape index (κ3) is 10.4. The van der Waals surface area contributed by atoms with Crippen LogP contribution in [0.25, 0.3) is 20.4 Å². The molecule has 0 fully saturated rings. The van der Waals surface area contributed by atoms with Gasteiger partial charge in [0.05, 0.1) is 47.9 Å². The van der Waals surface area contributed by atoms with Crippen LogP contribution >= 0.6 is 22.7 Å². The number of amides is 3. The quantitative estimate of drug-likeness (QED) is 0.0811. The van der Waals surface area contributed by atoms with Crippen LogP contribution in [0, 0.1) is 11.8 Å². The molecule has 4 aliphatic rings. The van der Waals surface area contributed by atoms with Crippen molar-refractivity contribution in [2.75, 3.05) is 65.1 Å². The summed E-state index contributed by atoms with van der Waals surface area (Å²) >= 11 is 3.30. The van der Waals surface area contributed by atoms with Crippen LogP contribution in [0.2, 0.25) is 0 Å². The van der Waals surface area contributed by atoms with Gasteiger partial charge in [-0.15, -0.1) is 22.7 Å². The Morgan fingerprint density at radius 3 is 1.66 bits per heavy atom. The molecular formula is C50H58N12O6S2. The minimum Gasteiger partial charge on any atom is -0.490 e. The minimum absolute atomic E-state index is 0.00244. The molecule has 18 nitrogen and oxygen atoms in total. The van der Waals surface area contributed by atoms with Gasteiger partial charge in [-0.1, -0.05) is 0 Å². The Hall–Kier alpha value is -6.77. The summed E-state index contributed by atoms with van der Waals surface area (Å²) in [5.74, 6) is 3.26. The summed E-state index contributed by atoms with van der Waals surface area (Å²) in [6, 6.07) is 8.08. The van der Waals surface area contributed by atoms with Gasteiger partial charge in [-0.05, 0) is 110 Å². The van der Waals surface area contributed by atoms with Crippen LogP contribution in [0.15, 0.2) is 46.9 Å². The van der Waals surface area contributed by atoms with Crippen molar-refractivity contribution in [2.24, 2.45) is 27.6 Å². The van der Waals surface area contributed by atoms with Crippen molar-refractivity contribution in [1.29, 1.82) is 0 Å². The summed E-state index contributed by atoms with van der Waals surface area (Å²) in [6.45, 7) is 6.33. The topological polar surface area (TPSA) is 224 Å². The number of aryl methyl sites for hydroxylation is 2. The van der Waals surface area contributed by atoms with Crippen molar-refractivity contribution < 1.29 is 28.6 Å². The van der Waals surface area contributed by atoms with Gasteiger partial charge < -0.3 is 45.7 Å². The molecule has 70 heavy (non-hydrogen) atoms. The van der Waals surface area contributed by atoms with Crippen LogP contribution in [-0.2, 0) is 53.1 Å². The highest BCUT2D eigenvalue weighted by atomic mass is 32.1. The molecule has 0 unspecified atom stereocenters. The van der Waals surface area contributed by atoms with E-state index in [9.17, 15) is 14.4 Å². The molecule has 6 heterocycles. The number of nitrogens with one attached hydrogen (secondary N) is 3. The first kappa shape index (κ1) is 48.3. The zero-order chi connectivity index (χ0) is 49.1. The van der Waals surface area contributed by atoms with Crippen molar-refractivity contribution in [2.45, 2.75) is 71.6 Å². The molecule has 10 rings (SSSR count). The number of alkyl carbamates (subject to hydrolysis) is 1. The fraction of sp³-hybridized carbons (Fsp3) is 0.420. The zero-order valence-electron chi connectivity index (χ0n) is 40.3. The number of thiophene rings is 2. The number of hydrogen-bond acceptors (Lipinski definition) is 17. The van der Waals surface area contributed by atoms with E-state index in [1.165, 1.54) is 20.9 Å². The number of rotatable bonds is 14. The molecule has 0 radical (unpaired) electrons. The molecule has 2 atom stereocenters. The average Bonchev–Trinajstić information content (AvgIpc) is 4.16. The summed E-state index contributed by atoms with van der Waals surface area (Å²) < 4.78 is 17.1. The Kier molecular flexibility index (Phi) is 14.5. The molecule has 20 heteroatoms. The molecule has 5 N–H and O–H groups in total. The van der Waals surface area contributed by atoms with Crippen molar-refractivity contribution in [3.05, 3.63) is 80.1 Å². The second-order valence-corrected chi connectivity index (χ2v) is 20.5. The first-order chi connectivity index (χ1) is 33.8. The molecule has 0 saturated heterocycles. The van der Waals surface area contributed by atoms with E-state index in [1.807, 2.05) is 58.8 Å². The van der Waals surface area contributed by atoms with Gasteiger partial charge in [-0.2, -0.15) is 0 Å². The fourth-order valence-electron chi connectivity index (χ4n) is 9.27. The normalized spacial score (nSPS) is 16.2. The second-order valence-electron chi connectivity index (χ2n) is 18.3. The zero-order valence-corrected chi connectivity index (χ0v) is 41.9. The maximum Gasteiger partial charge on any atom is 0.407 e. The molecular weight excluding hydrogens is 929 g/mol. The first-order valence-corrected chi connectivity index (χ1v) is 25.2. The number of aliphatic imine (C=N–C) groups is 2. The summed E-state index contributed by atoms with van der Waals surface area (Å²) in [5.41, 5.74) is 14.1. The maximum atomic E-state index is 12.6. The van der Waals surface area contributed by atoms with Crippen molar-refractivity contribution in [1.82, 2.24) is 35.1 Å². The lowest BCUT2D eigenvalue weighted by Crippen LogP contribution is -2.32. The molecule has 366 valence electrons. The Balaban J connectivity index is 0.000000176. The van der Waals surface area contributed by atoms with Crippen molar-refractivity contribution >= 4 is 96.5 Å². The number of carbonyl (C=O) groups is 3. The van der Waals surface area contributed by atoms with E-state index in [2.05, 4.69) is 51.9 Å². The van der Waals surface area contributed by atoms with Crippen molar-refractivity contribution in [3.63, 3.8) is 0 Å². The minimum atomic E-state index is -0.468. The van der Waals surface area contributed by atoms with Crippen LogP contribution in [0.5, 0.6) is 11.5 Å². The number of ether oxygens (including phenoxy) is 3. The van der Waals surface area contributed by atoms with Crippen LogP contribution in [-0.4, -0.2) is 121 Å². The molecule has 2 aliphatic carbocycles. The molecule has 6 aromatic rings. The molecule has 4 aromatic heterocycles. The summed E-state index contributed by atoms with van der Waals surface area (Å²) in [7, 11) is 7.26. The van der Waals surface area contributed by atoms with E-state index >= 15 is 0 Å². The smallest absolute Gasteiger partial charge is 0.407 e. The molecule has 0 spiro atoms. The van der Waals surface area contributed by atoms with Crippen LogP contribution in [0.4, 0.5) is 27.8 Å².